The molecule has 1 aliphatic carbocycles. The van der Waals surface area contributed by atoms with Gasteiger partial charge >= 0.3 is 0 Å². The molecular formula is C23H29N3O3. The minimum atomic E-state index is -0.535. The highest BCUT2D eigenvalue weighted by Gasteiger charge is 2.30. The molecule has 0 N–H and O–H groups in total. The van der Waals surface area contributed by atoms with Gasteiger partial charge in [0.2, 0.25) is 0 Å². The van der Waals surface area contributed by atoms with Crippen LogP contribution >= 0.6 is 0 Å². The second-order valence-corrected chi connectivity index (χ2v) is 8.46. The van der Waals surface area contributed by atoms with E-state index >= 15 is 0 Å². The number of piperidine rings is 1. The predicted molar refractivity (Wildman–Crippen MR) is 111 cm³/mol. The second-order valence-electron chi connectivity index (χ2n) is 8.46. The molecule has 1 saturated carbocycles. The van der Waals surface area contributed by atoms with Gasteiger partial charge in [0.25, 0.3) is 11.5 Å². The van der Waals surface area contributed by atoms with Crippen LogP contribution in [-0.4, -0.2) is 39.8 Å². The van der Waals surface area contributed by atoms with Crippen LogP contribution in [0.25, 0.3) is 0 Å². The van der Waals surface area contributed by atoms with Crippen LogP contribution in [0.1, 0.15) is 61.4 Å². The molecule has 29 heavy (non-hydrogen) atoms. The number of nitrogens with zero attached hydrogens (tertiary/aromatic N) is 3. The van der Waals surface area contributed by atoms with E-state index in [4.69, 9.17) is 4.74 Å². The Morgan fingerprint density at radius 1 is 1.07 bits per heavy atom. The first-order valence-electron chi connectivity index (χ1n) is 10.5. The molecule has 6 nitrogen and oxygen atoms in total. The Balaban J connectivity index is 1.37. The number of aromatic nitrogens is 2. The van der Waals surface area contributed by atoms with Gasteiger partial charge in [-0.3, -0.25) is 9.59 Å². The Kier molecular flexibility index (Phi) is 5.43. The van der Waals surface area contributed by atoms with Crippen molar-refractivity contribution in [3.05, 3.63) is 57.5 Å². The molecule has 2 heterocycles. The largest absolute Gasteiger partial charge is 0.481 e. The summed E-state index contributed by atoms with van der Waals surface area (Å²) in [5, 5.41) is 4.61. The minimum Gasteiger partial charge on any atom is -0.481 e. The lowest BCUT2D eigenvalue weighted by molar-refractivity contribution is -0.139. The number of likely N-dealkylation sites (tertiary alicyclic amines) is 1. The summed E-state index contributed by atoms with van der Waals surface area (Å²) in [5.41, 5.74) is 3.21. The molecule has 4 rings (SSSR count). The number of carbonyl (C=O) groups is 1. The van der Waals surface area contributed by atoms with Gasteiger partial charge in [0, 0.05) is 25.1 Å². The van der Waals surface area contributed by atoms with Crippen molar-refractivity contribution in [1.29, 1.82) is 0 Å². The molecule has 0 radical (unpaired) electrons. The van der Waals surface area contributed by atoms with Crippen molar-refractivity contribution in [2.75, 3.05) is 13.1 Å². The van der Waals surface area contributed by atoms with Crippen molar-refractivity contribution in [3.63, 3.8) is 0 Å². The van der Waals surface area contributed by atoms with Crippen molar-refractivity contribution in [2.45, 2.75) is 64.5 Å². The third-order valence-electron chi connectivity index (χ3n) is 5.82. The molecule has 0 spiro atoms. The van der Waals surface area contributed by atoms with Crippen LogP contribution in [0.3, 0.4) is 0 Å². The molecule has 0 bridgehead atoms. The summed E-state index contributed by atoms with van der Waals surface area (Å²) in [5.74, 6) is 1.24. The second kappa shape index (κ2) is 8.01. The molecule has 2 aliphatic rings. The van der Waals surface area contributed by atoms with Crippen LogP contribution in [0.4, 0.5) is 0 Å². The lowest BCUT2D eigenvalue weighted by Gasteiger charge is -2.33. The highest BCUT2D eigenvalue weighted by Crippen LogP contribution is 2.38. The summed E-state index contributed by atoms with van der Waals surface area (Å²) in [4.78, 5) is 27.0. The summed E-state index contributed by atoms with van der Waals surface area (Å²) < 4.78 is 7.56. The fourth-order valence-electron chi connectivity index (χ4n) is 4.14. The molecule has 1 aliphatic heterocycles. The molecule has 1 atom stereocenters. The fraction of sp³-hybridized carbons (Fsp3) is 0.522. The van der Waals surface area contributed by atoms with E-state index in [1.165, 1.54) is 0 Å². The number of rotatable bonds is 5. The quantitative estimate of drug-likeness (QED) is 0.779. The van der Waals surface area contributed by atoms with Gasteiger partial charge in [-0.05, 0) is 75.8 Å². The van der Waals surface area contributed by atoms with Gasteiger partial charge in [-0.15, -0.1) is 0 Å². The first-order chi connectivity index (χ1) is 13.9. The van der Waals surface area contributed by atoms with Crippen molar-refractivity contribution < 1.29 is 9.53 Å². The van der Waals surface area contributed by atoms with E-state index in [2.05, 4.69) is 11.2 Å². The van der Waals surface area contributed by atoms with Gasteiger partial charge in [0.05, 0.1) is 11.7 Å². The van der Waals surface area contributed by atoms with E-state index in [-0.39, 0.29) is 17.5 Å². The first-order valence-corrected chi connectivity index (χ1v) is 10.5. The molecule has 1 aromatic carbocycles. The topological polar surface area (TPSA) is 64.4 Å². The van der Waals surface area contributed by atoms with E-state index < -0.39 is 6.10 Å². The Morgan fingerprint density at radius 2 is 1.72 bits per heavy atom. The Bertz CT molecular complexity index is 936. The maximum absolute atomic E-state index is 12.9. The van der Waals surface area contributed by atoms with Crippen LogP contribution in [0.2, 0.25) is 0 Å². The summed E-state index contributed by atoms with van der Waals surface area (Å²) in [7, 11) is 0. The lowest BCUT2D eigenvalue weighted by atomic mass is 10.0. The third-order valence-corrected chi connectivity index (χ3v) is 5.82. The summed E-state index contributed by atoms with van der Waals surface area (Å²) in [6.45, 7) is 7.07. The minimum absolute atomic E-state index is 0.00496. The molecule has 1 amide bonds. The molecule has 2 fully saturated rings. The van der Waals surface area contributed by atoms with Crippen LogP contribution in [0.15, 0.2) is 35.1 Å². The van der Waals surface area contributed by atoms with Crippen LogP contribution in [0, 0.1) is 13.8 Å². The van der Waals surface area contributed by atoms with Crippen LogP contribution < -0.4 is 10.3 Å². The van der Waals surface area contributed by atoms with Crippen molar-refractivity contribution >= 4 is 5.91 Å². The number of hydrogen-bond donors (Lipinski definition) is 0. The molecule has 1 unspecified atom stereocenters. The Hall–Kier alpha value is -2.63. The standard InChI is InChI=1S/C23H29N3O3/c1-15-12-16(2)14-20(13-15)29-17(3)23(28)25-10-8-19(9-11-25)26-22(27)7-6-21(24-26)18-4-5-18/h6-7,12-14,17-19H,4-5,8-11H2,1-3H3. The third kappa shape index (κ3) is 4.52. The van der Waals surface area contributed by atoms with E-state index in [0.29, 0.717) is 19.0 Å². The van der Waals surface area contributed by atoms with Gasteiger partial charge in [0.15, 0.2) is 6.10 Å². The van der Waals surface area contributed by atoms with Crippen LogP contribution in [0.5, 0.6) is 5.75 Å². The van der Waals surface area contributed by atoms with Gasteiger partial charge in [-0.1, -0.05) is 6.07 Å². The summed E-state index contributed by atoms with van der Waals surface area (Å²) in [6.07, 6.45) is 3.27. The zero-order valence-electron chi connectivity index (χ0n) is 17.4. The summed E-state index contributed by atoms with van der Waals surface area (Å²) >= 11 is 0. The fourth-order valence-corrected chi connectivity index (χ4v) is 4.14. The smallest absolute Gasteiger partial charge is 0.267 e. The number of aryl methyl sites for hydroxylation is 2. The highest BCUT2D eigenvalue weighted by molar-refractivity contribution is 5.81. The highest BCUT2D eigenvalue weighted by atomic mass is 16.5. The summed E-state index contributed by atoms with van der Waals surface area (Å²) in [6, 6.07) is 9.54. The van der Waals surface area contributed by atoms with Gasteiger partial charge < -0.3 is 9.64 Å². The monoisotopic (exact) mass is 395 g/mol. The average Bonchev–Trinajstić information content (AvgIpc) is 3.52. The van der Waals surface area contributed by atoms with Gasteiger partial charge in [0.1, 0.15) is 5.75 Å². The van der Waals surface area contributed by atoms with E-state index in [1.807, 2.05) is 36.9 Å². The molecule has 1 saturated heterocycles. The van der Waals surface area contributed by atoms with E-state index in [0.717, 1.165) is 48.3 Å². The average molecular weight is 396 g/mol. The van der Waals surface area contributed by atoms with Gasteiger partial charge in [-0.25, -0.2) is 4.68 Å². The Labute approximate surface area is 171 Å². The van der Waals surface area contributed by atoms with E-state index in [9.17, 15) is 9.59 Å². The number of hydrogen-bond acceptors (Lipinski definition) is 4. The number of ether oxygens (including phenoxy) is 1. The van der Waals surface area contributed by atoms with Crippen LogP contribution in [-0.2, 0) is 4.79 Å². The predicted octanol–water partition coefficient (Wildman–Crippen LogP) is 3.37. The Morgan fingerprint density at radius 3 is 2.34 bits per heavy atom. The SMILES string of the molecule is Cc1cc(C)cc(OC(C)C(=O)N2CCC(n3nc(C4CC4)ccc3=O)CC2)c1. The van der Waals surface area contributed by atoms with E-state index in [1.54, 1.807) is 17.7 Å². The van der Waals surface area contributed by atoms with Crippen molar-refractivity contribution in [2.24, 2.45) is 0 Å². The number of benzene rings is 1. The molecule has 154 valence electrons. The van der Waals surface area contributed by atoms with Crippen molar-refractivity contribution in [3.8, 4) is 5.75 Å². The molecule has 2 aromatic rings. The number of carbonyl (C=O) groups excluding carboxylic acids is 1. The maximum atomic E-state index is 12.9. The first kappa shape index (κ1) is 19.7. The normalized spacial score (nSPS) is 18.5. The van der Waals surface area contributed by atoms with Gasteiger partial charge in [-0.2, -0.15) is 5.10 Å². The maximum Gasteiger partial charge on any atom is 0.267 e. The molecule has 6 heteroatoms. The zero-order valence-corrected chi connectivity index (χ0v) is 17.4. The molecule has 1 aromatic heterocycles. The molecular weight excluding hydrogens is 366 g/mol. The zero-order chi connectivity index (χ0) is 20.5. The number of amides is 1. The van der Waals surface area contributed by atoms with Crippen molar-refractivity contribution in [1.82, 2.24) is 14.7 Å². The lowest BCUT2D eigenvalue weighted by Crippen LogP contribution is -2.46.